The van der Waals surface area contributed by atoms with Crippen molar-refractivity contribution in [1.82, 2.24) is 4.57 Å². The molecule has 2 rings (SSSR count). The summed E-state index contributed by atoms with van der Waals surface area (Å²) >= 11 is 3.52. The average Bonchev–Trinajstić information content (AvgIpc) is 2.39. The Bertz CT molecular complexity index is 487. The average molecular weight is 256 g/mol. The monoisotopic (exact) mass is 255 g/mol. The number of fused-ring (bicyclic) bond motifs is 1. The lowest BCUT2D eigenvalue weighted by molar-refractivity contribution is 0.628. The van der Waals surface area contributed by atoms with Crippen molar-refractivity contribution in [3.05, 3.63) is 34.2 Å². The van der Waals surface area contributed by atoms with Crippen LogP contribution in [-0.2, 0) is 6.54 Å². The number of rotatable bonds is 1. The summed E-state index contributed by atoms with van der Waals surface area (Å²) in [5, 5.41) is 1.11. The first-order valence-corrected chi connectivity index (χ1v) is 5.38. The number of nitrogens with zero attached hydrogens (tertiary/aromatic N) is 1. The molecule has 74 valence electrons. The van der Waals surface area contributed by atoms with Crippen LogP contribution < -0.4 is 0 Å². The standard InChI is InChI=1S/C11H11BrFN/c1-3-14-10-6-8(13)4-5-9(10)7(2)11(14)12/h4-6H,3H2,1-2H3. The summed E-state index contributed by atoms with van der Waals surface area (Å²) in [5.41, 5.74) is 2.12. The summed E-state index contributed by atoms with van der Waals surface area (Å²) < 4.78 is 16.2. The van der Waals surface area contributed by atoms with Crippen molar-refractivity contribution >= 4 is 26.8 Å². The second-order valence-electron chi connectivity index (χ2n) is 3.32. The Kier molecular flexibility index (Phi) is 2.35. The van der Waals surface area contributed by atoms with Crippen LogP contribution >= 0.6 is 15.9 Å². The lowest BCUT2D eigenvalue weighted by Gasteiger charge is -2.02. The molecular weight excluding hydrogens is 245 g/mol. The van der Waals surface area contributed by atoms with Crippen LogP contribution in [0.25, 0.3) is 10.9 Å². The Morgan fingerprint density at radius 1 is 1.43 bits per heavy atom. The molecular formula is C11H11BrFN. The normalized spacial score (nSPS) is 11.1. The molecule has 0 spiro atoms. The summed E-state index contributed by atoms with van der Waals surface area (Å²) in [6, 6.07) is 4.91. The van der Waals surface area contributed by atoms with Crippen molar-refractivity contribution < 1.29 is 4.39 Å². The smallest absolute Gasteiger partial charge is 0.125 e. The number of halogens is 2. The van der Waals surface area contributed by atoms with Gasteiger partial charge in [0.1, 0.15) is 5.82 Å². The third-order valence-corrected chi connectivity index (χ3v) is 3.54. The van der Waals surface area contributed by atoms with Gasteiger partial charge >= 0.3 is 0 Å². The zero-order chi connectivity index (χ0) is 10.3. The molecule has 3 heteroatoms. The third kappa shape index (κ3) is 1.27. The topological polar surface area (TPSA) is 4.93 Å². The largest absolute Gasteiger partial charge is 0.335 e. The molecule has 0 aliphatic heterocycles. The molecule has 0 saturated carbocycles. The van der Waals surface area contributed by atoms with Gasteiger partial charge in [0.05, 0.1) is 10.1 Å². The molecule has 1 heterocycles. The van der Waals surface area contributed by atoms with Crippen LogP contribution in [0.15, 0.2) is 22.8 Å². The zero-order valence-corrected chi connectivity index (χ0v) is 9.73. The van der Waals surface area contributed by atoms with Gasteiger partial charge in [-0.25, -0.2) is 4.39 Å². The first-order chi connectivity index (χ1) is 6.65. The van der Waals surface area contributed by atoms with E-state index >= 15 is 0 Å². The van der Waals surface area contributed by atoms with Crippen LogP contribution in [-0.4, -0.2) is 4.57 Å². The minimum Gasteiger partial charge on any atom is -0.335 e. The molecule has 14 heavy (non-hydrogen) atoms. The van der Waals surface area contributed by atoms with Gasteiger partial charge in [0, 0.05) is 11.9 Å². The Hall–Kier alpha value is -0.830. The van der Waals surface area contributed by atoms with Crippen LogP contribution in [0.2, 0.25) is 0 Å². The van der Waals surface area contributed by atoms with Crippen molar-refractivity contribution in [3.8, 4) is 0 Å². The lowest BCUT2D eigenvalue weighted by atomic mass is 10.2. The van der Waals surface area contributed by atoms with Gasteiger partial charge in [-0.1, -0.05) is 0 Å². The number of aromatic nitrogens is 1. The van der Waals surface area contributed by atoms with Crippen LogP contribution in [0.1, 0.15) is 12.5 Å². The number of hydrogen-bond donors (Lipinski definition) is 0. The maximum absolute atomic E-state index is 13.1. The summed E-state index contributed by atoms with van der Waals surface area (Å²) in [6.45, 7) is 4.93. The van der Waals surface area contributed by atoms with Crippen molar-refractivity contribution in [3.63, 3.8) is 0 Å². The van der Waals surface area contributed by atoms with Gasteiger partial charge in [0.15, 0.2) is 0 Å². The van der Waals surface area contributed by atoms with E-state index < -0.39 is 0 Å². The van der Waals surface area contributed by atoms with Gasteiger partial charge in [0.2, 0.25) is 0 Å². The van der Waals surface area contributed by atoms with Crippen molar-refractivity contribution in [2.75, 3.05) is 0 Å². The summed E-state index contributed by atoms with van der Waals surface area (Å²) in [7, 11) is 0. The highest BCUT2D eigenvalue weighted by Gasteiger charge is 2.10. The number of aryl methyl sites for hydroxylation is 2. The minimum atomic E-state index is -0.183. The van der Waals surface area contributed by atoms with E-state index in [1.165, 1.54) is 11.6 Å². The van der Waals surface area contributed by atoms with Gasteiger partial charge in [0.25, 0.3) is 0 Å². The van der Waals surface area contributed by atoms with E-state index in [0.717, 1.165) is 22.1 Å². The molecule has 0 N–H and O–H groups in total. The van der Waals surface area contributed by atoms with E-state index in [9.17, 15) is 4.39 Å². The SMILES string of the molecule is CCn1c(Br)c(C)c2ccc(F)cc21. The molecule has 0 unspecified atom stereocenters. The van der Waals surface area contributed by atoms with Gasteiger partial charge in [-0.3, -0.25) is 0 Å². The van der Waals surface area contributed by atoms with E-state index in [0.29, 0.717) is 0 Å². The summed E-state index contributed by atoms with van der Waals surface area (Å²) in [4.78, 5) is 0. The van der Waals surface area contributed by atoms with Crippen LogP contribution in [0.4, 0.5) is 4.39 Å². The van der Waals surface area contributed by atoms with Crippen molar-refractivity contribution in [1.29, 1.82) is 0 Å². The molecule has 1 aromatic carbocycles. The summed E-state index contributed by atoms with van der Waals surface area (Å²) in [5.74, 6) is -0.183. The number of hydrogen-bond acceptors (Lipinski definition) is 0. The first-order valence-electron chi connectivity index (χ1n) is 4.59. The van der Waals surface area contributed by atoms with E-state index in [4.69, 9.17) is 0 Å². The predicted molar refractivity (Wildman–Crippen MR) is 60.0 cm³/mol. The molecule has 0 saturated heterocycles. The lowest BCUT2D eigenvalue weighted by Crippen LogP contribution is -1.93. The Balaban J connectivity index is 2.89. The molecule has 0 atom stereocenters. The minimum absolute atomic E-state index is 0.183. The maximum Gasteiger partial charge on any atom is 0.125 e. The zero-order valence-electron chi connectivity index (χ0n) is 8.14. The van der Waals surface area contributed by atoms with Gasteiger partial charge in [-0.15, -0.1) is 0 Å². The Morgan fingerprint density at radius 3 is 2.79 bits per heavy atom. The molecule has 1 nitrogen and oxygen atoms in total. The molecule has 1 aromatic heterocycles. The fourth-order valence-corrected chi connectivity index (χ4v) is 2.43. The highest BCUT2D eigenvalue weighted by atomic mass is 79.9. The Labute approximate surface area is 90.7 Å². The van der Waals surface area contributed by atoms with E-state index in [-0.39, 0.29) is 5.82 Å². The van der Waals surface area contributed by atoms with Gasteiger partial charge < -0.3 is 4.57 Å². The van der Waals surface area contributed by atoms with Crippen LogP contribution in [0.5, 0.6) is 0 Å². The van der Waals surface area contributed by atoms with E-state index in [1.807, 2.05) is 13.0 Å². The van der Waals surface area contributed by atoms with Crippen molar-refractivity contribution in [2.45, 2.75) is 20.4 Å². The molecule has 0 aliphatic rings. The molecule has 0 amide bonds. The maximum atomic E-state index is 13.1. The first kappa shape index (κ1) is 9.71. The highest BCUT2D eigenvalue weighted by molar-refractivity contribution is 9.10. The van der Waals surface area contributed by atoms with Gasteiger partial charge in [-0.05, 0) is 53.5 Å². The number of benzene rings is 1. The van der Waals surface area contributed by atoms with Gasteiger partial charge in [-0.2, -0.15) is 0 Å². The summed E-state index contributed by atoms with van der Waals surface area (Å²) in [6.07, 6.45) is 0. The van der Waals surface area contributed by atoms with E-state index in [1.54, 1.807) is 6.07 Å². The third-order valence-electron chi connectivity index (χ3n) is 2.52. The predicted octanol–water partition coefficient (Wildman–Crippen LogP) is 3.87. The quantitative estimate of drug-likeness (QED) is 0.729. The highest BCUT2D eigenvalue weighted by Crippen LogP contribution is 2.29. The van der Waals surface area contributed by atoms with E-state index in [2.05, 4.69) is 27.4 Å². The fourth-order valence-electron chi connectivity index (χ4n) is 1.77. The van der Waals surface area contributed by atoms with Crippen LogP contribution in [0.3, 0.4) is 0 Å². The molecule has 0 bridgehead atoms. The molecule has 2 aromatic rings. The Morgan fingerprint density at radius 2 is 2.14 bits per heavy atom. The van der Waals surface area contributed by atoms with Crippen molar-refractivity contribution in [2.24, 2.45) is 0 Å². The molecule has 0 radical (unpaired) electrons. The fraction of sp³-hybridized carbons (Fsp3) is 0.273. The van der Waals surface area contributed by atoms with Crippen LogP contribution in [0, 0.1) is 12.7 Å². The second kappa shape index (κ2) is 3.39. The molecule has 0 aliphatic carbocycles. The molecule has 0 fully saturated rings. The second-order valence-corrected chi connectivity index (χ2v) is 4.07.